The Labute approximate surface area is 177 Å². The van der Waals surface area contributed by atoms with Crippen LogP contribution in [0.5, 0.6) is 11.5 Å². The van der Waals surface area contributed by atoms with Crippen molar-refractivity contribution in [2.75, 3.05) is 11.9 Å². The van der Waals surface area contributed by atoms with Crippen LogP contribution in [0.4, 0.5) is 5.69 Å². The van der Waals surface area contributed by atoms with Gasteiger partial charge in [0.05, 0.1) is 40.6 Å². The van der Waals surface area contributed by atoms with Crippen molar-refractivity contribution in [1.29, 1.82) is 0 Å². The Kier molecular flexibility index (Phi) is 4.18. The second-order valence-corrected chi connectivity index (χ2v) is 7.57. The van der Waals surface area contributed by atoms with Crippen molar-refractivity contribution in [3.63, 3.8) is 0 Å². The minimum Gasteiger partial charge on any atom is -0.504 e. The Morgan fingerprint density at radius 2 is 1.84 bits per heavy atom. The van der Waals surface area contributed by atoms with Gasteiger partial charge in [0.25, 0.3) is 5.56 Å². The maximum absolute atomic E-state index is 12.9. The van der Waals surface area contributed by atoms with Gasteiger partial charge in [-0.1, -0.05) is 24.3 Å². The quantitative estimate of drug-likeness (QED) is 0.534. The summed E-state index contributed by atoms with van der Waals surface area (Å²) in [6.07, 6.45) is 1.77. The van der Waals surface area contributed by atoms with Crippen molar-refractivity contribution >= 4 is 16.6 Å². The highest BCUT2D eigenvalue weighted by Gasteiger charge is 2.32. The zero-order valence-corrected chi connectivity index (χ0v) is 17.4. The van der Waals surface area contributed by atoms with Crippen molar-refractivity contribution in [3.05, 3.63) is 80.8 Å². The van der Waals surface area contributed by atoms with E-state index in [-0.39, 0.29) is 11.3 Å². The van der Waals surface area contributed by atoms with Gasteiger partial charge in [-0.15, -0.1) is 0 Å². The van der Waals surface area contributed by atoms with Crippen molar-refractivity contribution in [3.8, 4) is 17.2 Å². The summed E-state index contributed by atoms with van der Waals surface area (Å²) in [5.74, 6) is 0.406. The number of aryl methyl sites for hydroxylation is 1. The molecule has 0 fully saturated rings. The predicted molar refractivity (Wildman–Crippen MR) is 118 cm³/mol. The Morgan fingerprint density at radius 3 is 2.61 bits per heavy atom. The number of fused-ring (bicyclic) bond motifs is 5. The smallest absolute Gasteiger partial charge is 0.331 e. The molecule has 1 aliphatic heterocycles. The van der Waals surface area contributed by atoms with Gasteiger partial charge in [0, 0.05) is 25.9 Å². The van der Waals surface area contributed by atoms with Gasteiger partial charge in [-0.3, -0.25) is 13.9 Å². The number of para-hydroxylation sites is 3. The second kappa shape index (κ2) is 6.80. The van der Waals surface area contributed by atoms with Gasteiger partial charge >= 0.3 is 5.69 Å². The first-order valence-corrected chi connectivity index (χ1v) is 10.1. The van der Waals surface area contributed by atoms with Crippen molar-refractivity contribution in [1.82, 2.24) is 13.7 Å². The number of phenols is 1. The average molecular weight is 418 g/mol. The van der Waals surface area contributed by atoms with E-state index >= 15 is 0 Å². The molecule has 158 valence electrons. The summed E-state index contributed by atoms with van der Waals surface area (Å²) in [5, 5.41) is 14.9. The number of benzene rings is 2. The molecule has 0 bridgehead atoms. The van der Waals surface area contributed by atoms with Crippen LogP contribution in [0.15, 0.2) is 58.3 Å². The first-order valence-electron chi connectivity index (χ1n) is 10.1. The monoisotopic (exact) mass is 418 g/mol. The van der Waals surface area contributed by atoms with Crippen LogP contribution in [0.1, 0.15) is 24.2 Å². The molecule has 0 spiro atoms. The third kappa shape index (κ3) is 2.61. The van der Waals surface area contributed by atoms with E-state index in [9.17, 15) is 14.7 Å². The molecule has 1 atom stereocenters. The van der Waals surface area contributed by atoms with Crippen LogP contribution in [0, 0.1) is 0 Å². The number of aromatic hydroxyl groups is 1. The summed E-state index contributed by atoms with van der Waals surface area (Å²) in [6.45, 7) is 2.27. The molecule has 5 rings (SSSR count). The van der Waals surface area contributed by atoms with Crippen LogP contribution in [-0.4, -0.2) is 25.4 Å². The Hall–Kier alpha value is -3.94. The highest BCUT2D eigenvalue weighted by Crippen LogP contribution is 2.44. The number of nitrogens with one attached hydrogen (secondary N) is 1. The molecule has 1 aliphatic rings. The summed E-state index contributed by atoms with van der Waals surface area (Å²) in [7, 11) is 3.13. The number of aromatic nitrogens is 3. The minimum absolute atomic E-state index is 0.0240. The summed E-state index contributed by atoms with van der Waals surface area (Å²) in [6, 6.07) is 12.5. The molecule has 0 saturated carbocycles. The molecular weight excluding hydrogens is 396 g/mol. The Balaban J connectivity index is 1.90. The number of nitrogens with zero attached hydrogens (tertiary/aromatic N) is 3. The Morgan fingerprint density at radius 1 is 1.06 bits per heavy atom. The molecule has 0 saturated heterocycles. The first kappa shape index (κ1) is 19.0. The summed E-state index contributed by atoms with van der Waals surface area (Å²) in [4.78, 5) is 25.6. The lowest BCUT2D eigenvalue weighted by Crippen LogP contribution is -2.37. The molecular formula is C23H22N4O4. The lowest BCUT2D eigenvalue weighted by Gasteiger charge is -2.30. The molecule has 8 nitrogen and oxygen atoms in total. The number of ether oxygens (including phenoxy) is 1. The van der Waals surface area contributed by atoms with Gasteiger partial charge < -0.3 is 19.7 Å². The number of hydrogen-bond donors (Lipinski definition) is 2. The maximum atomic E-state index is 12.9. The van der Waals surface area contributed by atoms with E-state index in [2.05, 4.69) is 5.32 Å². The molecule has 4 aromatic rings. The normalized spacial score (nSPS) is 14.7. The summed E-state index contributed by atoms with van der Waals surface area (Å²) in [5.41, 5.74) is 2.77. The lowest BCUT2D eigenvalue weighted by atomic mass is 9.98. The fourth-order valence-electron chi connectivity index (χ4n) is 4.38. The van der Waals surface area contributed by atoms with Gasteiger partial charge in [-0.25, -0.2) is 4.79 Å². The maximum Gasteiger partial charge on any atom is 0.331 e. The molecule has 8 heteroatoms. The van der Waals surface area contributed by atoms with Crippen LogP contribution >= 0.6 is 0 Å². The number of phenolic OH excluding ortho intramolecular Hbond substituents is 1. The fourth-order valence-corrected chi connectivity index (χ4v) is 4.38. The van der Waals surface area contributed by atoms with E-state index < -0.39 is 11.7 Å². The second-order valence-electron chi connectivity index (χ2n) is 7.57. The minimum atomic E-state index is -0.509. The fraction of sp³-hybridized carbons (Fsp3) is 0.217. The molecule has 0 radical (unpaired) electrons. The molecule has 0 unspecified atom stereocenters. The largest absolute Gasteiger partial charge is 0.504 e. The standard InChI is InChI=1S/C23H22N4O4/c1-4-31-17-11-7-8-13(21(17)28)18-20-19-14(22(29)26(3)23(30)25(19)2)12-27(20)16-10-6-5-9-15(16)24-18/h5-12,18,24,28H,4H2,1-3H3/t18-/m1/s1. The molecule has 0 amide bonds. The Bertz CT molecular complexity index is 1460. The third-order valence-electron chi connectivity index (χ3n) is 5.84. The predicted octanol–water partition coefficient (Wildman–Crippen LogP) is 2.65. The third-order valence-corrected chi connectivity index (χ3v) is 5.84. The highest BCUT2D eigenvalue weighted by atomic mass is 16.5. The van der Waals surface area contributed by atoms with Gasteiger partial charge in [-0.2, -0.15) is 0 Å². The lowest BCUT2D eigenvalue weighted by molar-refractivity contribution is 0.316. The van der Waals surface area contributed by atoms with E-state index in [1.807, 2.05) is 47.9 Å². The summed E-state index contributed by atoms with van der Waals surface area (Å²) < 4.78 is 10.1. The van der Waals surface area contributed by atoms with E-state index in [4.69, 9.17) is 4.74 Å². The molecule has 3 heterocycles. The molecule has 2 N–H and O–H groups in total. The van der Waals surface area contributed by atoms with E-state index in [0.717, 1.165) is 15.9 Å². The first-order chi connectivity index (χ1) is 14.9. The van der Waals surface area contributed by atoms with E-state index in [1.165, 1.54) is 11.6 Å². The number of rotatable bonds is 3. The summed E-state index contributed by atoms with van der Waals surface area (Å²) >= 11 is 0. The van der Waals surface area contributed by atoms with Crippen LogP contribution in [0.25, 0.3) is 16.6 Å². The molecule has 31 heavy (non-hydrogen) atoms. The van der Waals surface area contributed by atoms with Crippen molar-refractivity contribution in [2.24, 2.45) is 14.1 Å². The van der Waals surface area contributed by atoms with E-state index in [1.54, 1.807) is 19.3 Å². The van der Waals surface area contributed by atoms with E-state index in [0.29, 0.717) is 34.5 Å². The zero-order valence-electron chi connectivity index (χ0n) is 17.4. The topological polar surface area (TPSA) is 90.4 Å². The molecule has 2 aromatic carbocycles. The van der Waals surface area contributed by atoms with Crippen LogP contribution < -0.4 is 21.3 Å². The molecule has 2 aromatic heterocycles. The average Bonchev–Trinajstić information content (AvgIpc) is 3.18. The van der Waals surface area contributed by atoms with Crippen LogP contribution in [0.2, 0.25) is 0 Å². The molecule has 0 aliphatic carbocycles. The van der Waals surface area contributed by atoms with Gasteiger partial charge in [0.1, 0.15) is 0 Å². The number of anilines is 1. The van der Waals surface area contributed by atoms with Crippen molar-refractivity contribution in [2.45, 2.75) is 13.0 Å². The zero-order chi connectivity index (χ0) is 21.9. The highest BCUT2D eigenvalue weighted by molar-refractivity contribution is 5.86. The van der Waals surface area contributed by atoms with Gasteiger partial charge in [0.15, 0.2) is 11.5 Å². The van der Waals surface area contributed by atoms with Gasteiger partial charge in [0.2, 0.25) is 0 Å². The van der Waals surface area contributed by atoms with Crippen LogP contribution in [-0.2, 0) is 14.1 Å². The van der Waals surface area contributed by atoms with Gasteiger partial charge in [-0.05, 0) is 25.1 Å². The number of hydrogen-bond acceptors (Lipinski definition) is 5. The SMILES string of the molecule is CCOc1cccc([C@H]2Nc3ccccc3-n3cc4c(=O)n(C)c(=O)n(C)c4c32)c1O. The van der Waals surface area contributed by atoms with Crippen molar-refractivity contribution < 1.29 is 9.84 Å². The van der Waals surface area contributed by atoms with Crippen LogP contribution in [0.3, 0.4) is 0 Å².